The van der Waals surface area contributed by atoms with E-state index in [1.807, 2.05) is 11.8 Å². The van der Waals surface area contributed by atoms with Gasteiger partial charge in [-0.3, -0.25) is 0 Å². The van der Waals surface area contributed by atoms with Gasteiger partial charge in [0, 0.05) is 15.5 Å². The lowest BCUT2D eigenvalue weighted by Gasteiger charge is -2.21. The van der Waals surface area contributed by atoms with Crippen molar-refractivity contribution in [3.63, 3.8) is 0 Å². The van der Waals surface area contributed by atoms with Crippen molar-refractivity contribution in [2.45, 2.75) is 30.0 Å². The minimum absolute atomic E-state index is 0.703. The van der Waals surface area contributed by atoms with Crippen molar-refractivity contribution >= 4 is 33.3 Å². The topological polar surface area (TPSA) is 37.8 Å². The Bertz CT molecular complexity index is 517. The molecule has 1 N–H and O–H groups in total. The average molecular weight is 265 g/mol. The molecular formula is C12H15N3S2. The van der Waals surface area contributed by atoms with Crippen LogP contribution in [0.4, 0.5) is 0 Å². The first-order valence-electron chi connectivity index (χ1n) is 5.91. The minimum Gasteiger partial charge on any atom is -0.317 e. The van der Waals surface area contributed by atoms with Crippen molar-refractivity contribution in [2.24, 2.45) is 0 Å². The Hall–Kier alpha value is -0.650. The highest BCUT2D eigenvalue weighted by atomic mass is 32.2. The first kappa shape index (κ1) is 11.4. The first-order chi connectivity index (χ1) is 8.33. The van der Waals surface area contributed by atoms with Gasteiger partial charge in [0.05, 0.1) is 0 Å². The molecule has 0 atom stereocenters. The first-order valence-corrected chi connectivity index (χ1v) is 7.61. The van der Waals surface area contributed by atoms with Gasteiger partial charge in [-0.1, -0.05) is 0 Å². The van der Waals surface area contributed by atoms with Gasteiger partial charge in [-0.15, -0.1) is 23.1 Å². The van der Waals surface area contributed by atoms with Crippen molar-refractivity contribution in [1.82, 2.24) is 15.3 Å². The molecule has 2 aromatic rings. The monoisotopic (exact) mass is 265 g/mol. The van der Waals surface area contributed by atoms with Crippen LogP contribution >= 0.6 is 23.1 Å². The van der Waals surface area contributed by atoms with Crippen LogP contribution < -0.4 is 5.32 Å². The fourth-order valence-corrected chi connectivity index (χ4v) is 4.21. The van der Waals surface area contributed by atoms with E-state index in [0.29, 0.717) is 5.25 Å². The molecule has 0 bridgehead atoms. The van der Waals surface area contributed by atoms with Gasteiger partial charge < -0.3 is 5.32 Å². The third-order valence-corrected chi connectivity index (χ3v) is 5.29. The number of thiophene rings is 1. The predicted molar refractivity (Wildman–Crippen MR) is 73.9 cm³/mol. The molecule has 0 radical (unpaired) electrons. The molecule has 0 aromatic carbocycles. The summed E-state index contributed by atoms with van der Waals surface area (Å²) in [4.78, 5) is 11.2. The van der Waals surface area contributed by atoms with Crippen LogP contribution in [0, 0.1) is 6.92 Å². The molecule has 90 valence electrons. The van der Waals surface area contributed by atoms with Gasteiger partial charge in [0.1, 0.15) is 16.2 Å². The number of nitrogens with one attached hydrogen (secondary N) is 1. The number of thioether (sulfide) groups is 1. The predicted octanol–water partition coefficient (Wildman–Crippen LogP) is 2.84. The largest absolute Gasteiger partial charge is 0.317 e. The molecule has 0 unspecified atom stereocenters. The molecule has 17 heavy (non-hydrogen) atoms. The average Bonchev–Trinajstić information content (AvgIpc) is 2.72. The van der Waals surface area contributed by atoms with Gasteiger partial charge in [-0.25, -0.2) is 9.97 Å². The standard InChI is InChI=1S/C12H15N3S2/c1-8-6-10-11(16-8)14-7-15-12(10)17-9-2-4-13-5-3-9/h6-7,9,13H,2-5H2,1H3. The minimum atomic E-state index is 0.703. The maximum Gasteiger partial charge on any atom is 0.128 e. The van der Waals surface area contributed by atoms with Crippen LogP contribution in [0.3, 0.4) is 0 Å². The highest BCUT2D eigenvalue weighted by molar-refractivity contribution is 8.00. The van der Waals surface area contributed by atoms with Gasteiger partial charge in [0.15, 0.2) is 0 Å². The maximum atomic E-state index is 4.45. The van der Waals surface area contributed by atoms with E-state index >= 15 is 0 Å². The molecule has 3 nitrogen and oxygen atoms in total. The number of fused-ring (bicyclic) bond motifs is 1. The van der Waals surface area contributed by atoms with Crippen molar-refractivity contribution < 1.29 is 0 Å². The van der Waals surface area contributed by atoms with Crippen LogP contribution in [-0.4, -0.2) is 28.3 Å². The van der Waals surface area contributed by atoms with Crippen LogP contribution in [0.1, 0.15) is 17.7 Å². The summed E-state index contributed by atoms with van der Waals surface area (Å²) < 4.78 is 0. The number of aryl methyl sites for hydroxylation is 1. The van der Waals surface area contributed by atoms with Crippen LogP contribution in [0.2, 0.25) is 0 Å². The number of nitrogens with zero attached hydrogens (tertiary/aromatic N) is 2. The highest BCUT2D eigenvalue weighted by Crippen LogP contribution is 2.34. The summed E-state index contributed by atoms with van der Waals surface area (Å²) in [7, 11) is 0. The van der Waals surface area contributed by atoms with Crippen LogP contribution in [-0.2, 0) is 0 Å². The second kappa shape index (κ2) is 4.92. The molecule has 3 rings (SSSR count). The number of piperidine rings is 1. The van der Waals surface area contributed by atoms with E-state index in [1.54, 1.807) is 17.7 Å². The third-order valence-electron chi connectivity index (χ3n) is 2.98. The van der Waals surface area contributed by atoms with E-state index in [9.17, 15) is 0 Å². The molecule has 2 aromatic heterocycles. The van der Waals surface area contributed by atoms with Gasteiger partial charge in [0.2, 0.25) is 0 Å². The van der Waals surface area contributed by atoms with Crippen molar-refractivity contribution in [3.05, 3.63) is 17.3 Å². The smallest absolute Gasteiger partial charge is 0.128 e. The summed E-state index contributed by atoms with van der Waals surface area (Å²) in [6.07, 6.45) is 4.17. The summed E-state index contributed by atoms with van der Waals surface area (Å²) in [5.74, 6) is 0. The van der Waals surface area contributed by atoms with Crippen molar-refractivity contribution in [1.29, 1.82) is 0 Å². The van der Waals surface area contributed by atoms with Gasteiger partial charge in [-0.05, 0) is 38.9 Å². The molecule has 0 amide bonds. The third kappa shape index (κ3) is 2.46. The summed E-state index contributed by atoms with van der Waals surface area (Å²) in [5, 5.41) is 6.49. The molecular weight excluding hydrogens is 250 g/mol. The van der Waals surface area contributed by atoms with E-state index < -0.39 is 0 Å². The second-order valence-electron chi connectivity index (χ2n) is 4.32. The molecule has 1 fully saturated rings. The lowest BCUT2D eigenvalue weighted by Crippen LogP contribution is -2.29. The Morgan fingerprint density at radius 2 is 2.18 bits per heavy atom. The normalized spacial score (nSPS) is 17.7. The van der Waals surface area contributed by atoms with Gasteiger partial charge in [-0.2, -0.15) is 0 Å². The molecule has 5 heteroatoms. The van der Waals surface area contributed by atoms with Crippen LogP contribution in [0.25, 0.3) is 10.2 Å². The zero-order chi connectivity index (χ0) is 11.7. The number of rotatable bonds is 2. The lowest BCUT2D eigenvalue weighted by atomic mass is 10.2. The van der Waals surface area contributed by atoms with Crippen LogP contribution in [0.15, 0.2) is 17.4 Å². The molecule has 1 aliphatic heterocycles. The van der Waals surface area contributed by atoms with Gasteiger partial charge >= 0.3 is 0 Å². The van der Waals surface area contributed by atoms with Crippen molar-refractivity contribution in [2.75, 3.05) is 13.1 Å². The van der Waals surface area contributed by atoms with E-state index in [0.717, 1.165) is 22.9 Å². The lowest BCUT2D eigenvalue weighted by molar-refractivity contribution is 0.531. The maximum absolute atomic E-state index is 4.45. The molecule has 0 spiro atoms. The van der Waals surface area contributed by atoms with E-state index in [1.165, 1.54) is 23.1 Å². The summed E-state index contributed by atoms with van der Waals surface area (Å²) in [6, 6.07) is 2.21. The second-order valence-corrected chi connectivity index (χ2v) is 6.85. The number of hydrogen-bond donors (Lipinski definition) is 1. The Labute approximate surface area is 109 Å². The Kier molecular flexibility index (Phi) is 3.31. The molecule has 1 saturated heterocycles. The molecule has 1 aliphatic rings. The fourth-order valence-electron chi connectivity index (χ4n) is 2.12. The quantitative estimate of drug-likeness (QED) is 0.847. The summed E-state index contributed by atoms with van der Waals surface area (Å²) in [6.45, 7) is 4.40. The van der Waals surface area contributed by atoms with E-state index in [2.05, 4.69) is 28.3 Å². The summed E-state index contributed by atoms with van der Waals surface area (Å²) >= 11 is 3.67. The van der Waals surface area contributed by atoms with Crippen molar-refractivity contribution in [3.8, 4) is 0 Å². The van der Waals surface area contributed by atoms with E-state index in [4.69, 9.17) is 0 Å². The Morgan fingerprint density at radius 3 is 3.00 bits per heavy atom. The highest BCUT2D eigenvalue weighted by Gasteiger charge is 2.17. The fraction of sp³-hybridized carbons (Fsp3) is 0.500. The zero-order valence-electron chi connectivity index (χ0n) is 9.77. The SMILES string of the molecule is Cc1cc2c(SC3CCNCC3)ncnc2s1. The van der Waals surface area contributed by atoms with Gasteiger partial charge in [0.25, 0.3) is 0 Å². The Morgan fingerprint density at radius 1 is 1.35 bits per heavy atom. The number of aromatic nitrogens is 2. The molecule has 3 heterocycles. The summed E-state index contributed by atoms with van der Waals surface area (Å²) in [5.41, 5.74) is 0. The van der Waals surface area contributed by atoms with Crippen LogP contribution in [0.5, 0.6) is 0 Å². The molecule has 0 aliphatic carbocycles. The zero-order valence-corrected chi connectivity index (χ0v) is 11.4. The van der Waals surface area contributed by atoms with E-state index in [-0.39, 0.29) is 0 Å². The number of hydrogen-bond acceptors (Lipinski definition) is 5. The molecule has 0 saturated carbocycles. The Balaban J connectivity index is 1.88.